The fourth-order valence-corrected chi connectivity index (χ4v) is 5.50. The Morgan fingerprint density at radius 3 is 2.38 bits per heavy atom. The van der Waals surface area contributed by atoms with Gasteiger partial charge in [-0.05, 0) is 49.9 Å². The van der Waals surface area contributed by atoms with Crippen LogP contribution in [-0.2, 0) is 14.8 Å². The smallest absolute Gasteiger partial charge is 0.243 e. The number of halogens is 1. The fourth-order valence-electron chi connectivity index (χ4n) is 3.58. The maximum absolute atomic E-state index is 12.9. The summed E-state index contributed by atoms with van der Waals surface area (Å²) in [5.41, 5.74) is 0. The molecule has 0 bridgehead atoms. The highest BCUT2D eigenvalue weighted by Gasteiger charge is 2.39. The van der Waals surface area contributed by atoms with Crippen LogP contribution in [0.15, 0.2) is 33.6 Å². The van der Waals surface area contributed by atoms with Crippen LogP contribution in [0.1, 0.15) is 44.9 Å². The van der Waals surface area contributed by atoms with Crippen molar-refractivity contribution in [2.75, 3.05) is 6.54 Å². The lowest BCUT2D eigenvalue weighted by Crippen LogP contribution is -2.49. The second-order valence-corrected chi connectivity index (χ2v) is 9.38. The molecule has 1 heterocycles. The van der Waals surface area contributed by atoms with Crippen molar-refractivity contribution in [3.8, 4) is 0 Å². The van der Waals surface area contributed by atoms with E-state index in [4.69, 9.17) is 0 Å². The molecule has 24 heavy (non-hydrogen) atoms. The number of carbonyl (C=O) groups is 1. The van der Waals surface area contributed by atoms with Gasteiger partial charge in [-0.25, -0.2) is 8.42 Å². The number of amides is 1. The highest BCUT2D eigenvalue weighted by atomic mass is 79.9. The molecule has 132 valence electrons. The molecule has 1 saturated carbocycles. The number of rotatable bonds is 4. The molecule has 3 rings (SSSR count). The number of carbonyl (C=O) groups excluding carboxylic acids is 1. The lowest BCUT2D eigenvalue weighted by atomic mass is 9.95. The summed E-state index contributed by atoms with van der Waals surface area (Å²) in [7, 11) is -3.64. The van der Waals surface area contributed by atoms with Gasteiger partial charge in [0.25, 0.3) is 0 Å². The lowest BCUT2D eigenvalue weighted by Gasteiger charge is -2.27. The number of nitrogens with one attached hydrogen (secondary N) is 1. The van der Waals surface area contributed by atoms with Gasteiger partial charge in [-0.1, -0.05) is 35.2 Å². The van der Waals surface area contributed by atoms with E-state index in [9.17, 15) is 13.2 Å². The van der Waals surface area contributed by atoms with E-state index in [2.05, 4.69) is 21.2 Å². The van der Waals surface area contributed by atoms with Crippen LogP contribution in [0.3, 0.4) is 0 Å². The first-order valence-electron chi connectivity index (χ1n) is 8.56. The van der Waals surface area contributed by atoms with Crippen molar-refractivity contribution >= 4 is 31.9 Å². The summed E-state index contributed by atoms with van der Waals surface area (Å²) in [6, 6.07) is 6.19. The minimum Gasteiger partial charge on any atom is -0.352 e. The molecule has 0 spiro atoms. The maximum Gasteiger partial charge on any atom is 0.243 e. The summed E-state index contributed by atoms with van der Waals surface area (Å²) >= 11 is 3.31. The molecule has 1 aliphatic carbocycles. The molecule has 5 nitrogen and oxygen atoms in total. The van der Waals surface area contributed by atoms with Gasteiger partial charge in [0.15, 0.2) is 0 Å². The molecule has 0 aromatic heterocycles. The second-order valence-electron chi connectivity index (χ2n) is 6.57. The molecule has 1 aromatic carbocycles. The van der Waals surface area contributed by atoms with E-state index in [1.54, 1.807) is 24.3 Å². The van der Waals surface area contributed by atoms with Gasteiger partial charge in [-0.2, -0.15) is 4.31 Å². The van der Waals surface area contributed by atoms with Gasteiger partial charge < -0.3 is 5.32 Å². The molecular formula is C17H23BrN2O3S. The number of nitrogens with zero attached hydrogens (tertiary/aromatic N) is 1. The van der Waals surface area contributed by atoms with Crippen LogP contribution >= 0.6 is 15.9 Å². The van der Waals surface area contributed by atoms with Crippen LogP contribution in [0, 0.1) is 0 Å². The van der Waals surface area contributed by atoms with Gasteiger partial charge in [-0.3, -0.25) is 4.79 Å². The zero-order valence-electron chi connectivity index (χ0n) is 13.6. The van der Waals surface area contributed by atoms with Crippen molar-refractivity contribution in [1.29, 1.82) is 0 Å². The van der Waals surface area contributed by atoms with Gasteiger partial charge in [0.05, 0.1) is 4.90 Å². The van der Waals surface area contributed by atoms with Crippen molar-refractivity contribution in [2.24, 2.45) is 0 Å². The molecule has 1 atom stereocenters. The first-order chi connectivity index (χ1) is 11.5. The van der Waals surface area contributed by atoms with Crippen molar-refractivity contribution in [1.82, 2.24) is 9.62 Å². The Morgan fingerprint density at radius 1 is 1.04 bits per heavy atom. The van der Waals surface area contributed by atoms with E-state index in [0.29, 0.717) is 13.0 Å². The molecule has 0 radical (unpaired) electrons. The third kappa shape index (κ3) is 3.83. The van der Waals surface area contributed by atoms with E-state index in [0.717, 1.165) is 36.6 Å². The van der Waals surface area contributed by atoms with E-state index in [-0.39, 0.29) is 16.8 Å². The number of sulfonamides is 1. The third-order valence-electron chi connectivity index (χ3n) is 4.88. The van der Waals surface area contributed by atoms with Gasteiger partial charge in [0.1, 0.15) is 6.04 Å². The van der Waals surface area contributed by atoms with Crippen molar-refractivity contribution < 1.29 is 13.2 Å². The summed E-state index contributed by atoms with van der Waals surface area (Å²) in [6.45, 7) is 0.404. The average molecular weight is 415 g/mol. The van der Waals surface area contributed by atoms with E-state index in [1.165, 1.54) is 10.7 Å². The summed E-state index contributed by atoms with van der Waals surface area (Å²) < 4.78 is 28.0. The minimum absolute atomic E-state index is 0.139. The third-order valence-corrected chi connectivity index (χ3v) is 7.33. The molecule has 7 heteroatoms. The molecular weight excluding hydrogens is 392 g/mol. The van der Waals surface area contributed by atoms with E-state index >= 15 is 0 Å². The molecule has 1 saturated heterocycles. The average Bonchev–Trinajstić information content (AvgIpc) is 3.07. The van der Waals surface area contributed by atoms with Crippen LogP contribution in [0.2, 0.25) is 0 Å². The Morgan fingerprint density at radius 2 is 1.71 bits per heavy atom. The fraction of sp³-hybridized carbons (Fsp3) is 0.588. The van der Waals surface area contributed by atoms with Crippen LogP contribution in [0.4, 0.5) is 0 Å². The zero-order valence-corrected chi connectivity index (χ0v) is 16.0. The van der Waals surface area contributed by atoms with Gasteiger partial charge in [0.2, 0.25) is 15.9 Å². The van der Waals surface area contributed by atoms with E-state index < -0.39 is 16.1 Å². The highest BCUT2D eigenvalue weighted by molar-refractivity contribution is 9.10. The summed E-state index contributed by atoms with van der Waals surface area (Å²) in [6.07, 6.45) is 6.80. The van der Waals surface area contributed by atoms with E-state index in [1.807, 2.05) is 0 Å². The molecule has 2 aliphatic rings. The summed E-state index contributed by atoms with van der Waals surface area (Å²) in [5.74, 6) is -0.139. The van der Waals surface area contributed by atoms with Crippen LogP contribution < -0.4 is 5.32 Å². The predicted octanol–water partition coefficient (Wildman–Crippen LogP) is 3.05. The SMILES string of the molecule is O=C(NC1CCCCC1)[C@H]1CCCN1S(=O)(=O)c1ccc(Br)cc1. The maximum atomic E-state index is 12.9. The monoisotopic (exact) mass is 414 g/mol. The van der Waals surface area contributed by atoms with Crippen LogP contribution in [0.5, 0.6) is 0 Å². The molecule has 1 aliphatic heterocycles. The lowest BCUT2D eigenvalue weighted by molar-refractivity contribution is -0.125. The zero-order chi connectivity index (χ0) is 17.2. The molecule has 0 unspecified atom stereocenters. The van der Waals surface area contributed by atoms with Gasteiger partial charge in [-0.15, -0.1) is 0 Å². The first kappa shape index (κ1) is 17.9. The predicted molar refractivity (Wildman–Crippen MR) is 96.1 cm³/mol. The Bertz CT molecular complexity index is 684. The first-order valence-corrected chi connectivity index (χ1v) is 10.8. The second kappa shape index (κ2) is 7.54. The number of benzene rings is 1. The van der Waals surface area contributed by atoms with Crippen LogP contribution in [0.25, 0.3) is 0 Å². The Labute approximate surface area is 152 Å². The Balaban J connectivity index is 1.74. The molecule has 1 amide bonds. The Kier molecular flexibility index (Phi) is 5.62. The highest BCUT2D eigenvalue weighted by Crippen LogP contribution is 2.27. The van der Waals surface area contributed by atoms with Gasteiger partial charge in [0, 0.05) is 17.1 Å². The number of hydrogen-bond acceptors (Lipinski definition) is 3. The minimum atomic E-state index is -3.64. The summed E-state index contributed by atoms with van der Waals surface area (Å²) in [4.78, 5) is 12.9. The molecule has 1 aromatic rings. The molecule has 2 fully saturated rings. The Hall–Kier alpha value is -0.920. The number of hydrogen-bond donors (Lipinski definition) is 1. The van der Waals surface area contributed by atoms with Crippen molar-refractivity contribution in [3.63, 3.8) is 0 Å². The topological polar surface area (TPSA) is 66.5 Å². The van der Waals surface area contributed by atoms with Crippen LogP contribution in [-0.4, -0.2) is 37.3 Å². The van der Waals surface area contributed by atoms with Crippen molar-refractivity contribution in [2.45, 2.75) is 61.9 Å². The largest absolute Gasteiger partial charge is 0.352 e. The summed E-state index contributed by atoms with van der Waals surface area (Å²) in [5, 5.41) is 3.07. The normalized spacial score (nSPS) is 23.3. The van der Waals surface area contributed by atoms with Gasteiger partial charge >= 0.3 is 0 Å². The standard InChI is InChI=1S/C17H23BrN2O3S/c18-13-8-10-15(11-9-13)24(22,23)20-12-4-7-16(20)17(21)19-14-5-2-1-3-6-14/h8-11,14,16H,1-7,12H2,(H,19,21)/t16-/m1/s1. The molecule has 1 N–H and O–H groups in total. The van der Waals surface area contributed by atoms with Crippen molar-refractivity contribution in [3.05, 3.63) is 28.7 Å². The quantitative estimate of drug-likeness (QED) is 0.822.